The van der Waals surface area contributed by atoms with Crippen molar-refractivity contribution in [1.29, 1.82) is 0 Å². The number of ether oxygens (including phenoxy) is 1. The van der Waals surface area contributed by atoms with Gasteiger partial charge in [-0.3, -0.25) is 14.4 Å². The first-order valence-electron chi connectivity index (χ1n) is 8.94. The predicted molar refractivity (Wildman–Crippen MR) is 107 cm³/mol. The van der Waals surface area contributed by atoms with Gasteiger partial charge in [-0.2, -0.15) is 0 Å². The van der Waals surface area contributed by atoms with E-state index in [-0.39, 0.29) is 18.9 Å². The number of nitrogens with zero attached hydrogens (tertiary/aromatic N) is 1. The van der Waals surface area contributed by atoms with Crippen molar-refractivity contribution in [2.24, 2.45) is 5.92 Å². The molecule has 0 radical (unpaired) electrons. The Bertz CT molecular complexity index is 911. The molecule has 0 aromatic heterocycles. The van der Waals surface area contributed by atoms with E-state index in [4.69, 9.17) is 16.3 Å². The maximum absolute atomic E-state index is 12.3. The van der Waals surface area contributed by atoms with Gasteiger partial charge in [0.15, 0.2) is 6.61 Å². The molecule has 1 unspecified atom stereocenters. The first kappa shape index (κ1) is 19.9. The number of hydrogen-bond acceptors (Lipinski definition) is 4. The summed E-state index contributed by atoms with van der Waals surface area (Å²) in [4.78, 5) is 38.2. The average molecular weight is 401 g/mol. The highest BCUT2D eigenvalue weighted by Gasteiger charge is 2.36. The lowest BCUT2D eigenvalue weighted by molar-refractivity contribution is -0.151. The lowest BCUT2D eigenvalue weighted by Crippen LogP contribution is -2.28. The minimum absolute atomic E-state index is 0.0556. The monoisotopic (exact) mass is 400 g/mol. The fourth-order valence-corrected chi connectivity index (χ4v) is 3.19. The molecule has 146 valence electrons. The number of carbonyl (C=O) groups is 3. The van der Waals surface area contributed by atoms with Gasteiger partial charge in [-0.05, 0) is 55.3 Å². The van der Waals surface area contributed by atoms with Crippen molar-refractivity contribution < 1.29 is 19.1 Å². The van der Waals surface area contributed by atoms with Crippen LogP contribution in [-0.2, 0) is 19.1 Å². The molecule has 1 saturated heterocycles. The van der Waals surface area contributed by atoms with Crippen LogP contribution in [-0.4, -0.2) is 30.9 Å². The molecule has 0 saturated carbocycles. The summed E-state index contributed by atoms with van der Waals surface area (Å²) >= 11 is 5.87. The number of benzene rings is 2. The lowest BCUT2D eigenvalue weighted by Gasteiger charge is -2.16. The van der Waals surface area contributed by atoms with Crippen molar-refractivity contribution in [1.82, 2.24) is 0 Å². The van der Waals surface area contributed by atoms with Gasteiger partial charge in [0, 0.05) is 29.4 Å². The van der Waals surface area contributed by atoms with Crippen LogP contribution in [0.25, 0.3) is 0 Å². The van der Waals surface area contributed by atoms with Gasteiger partial charge in [-0.1, -0.05) is 23.7 Å². The van der Waals surface area contributed by atoms with Crippen molar-refractivity contribution in [3.05, 3.63) is 58.6 Å². The Labute approximate surface area is 168 Å². The van der Waals surface area contributed by atoms with Crippen molar-refractivity contribution in [3.63, 3.8) is 0 Å². The van der Waals surface area contributed by atoms with Crippen molar-refractivity contribution in [2.45, 2.75) is 20.3 Å². The highest BCUT2D eigenvalue weighted by atomic mass is 35.5. The highest BCUT2D eigenvalue weighted by molar-refractivity contribution is 6.30. The molecule has 2 aromatic carbocycles. The third-order valence-corrected chi connectivity index (χ3v) is 5.07. The molecule has 7 heteroatoms. The van der Waals surface area contributed by atoms with Crippen LogP contribution in [0.5, 0.6) is 0 Å². The number of halogens is 1. The average Bonchev–Trinajstić information content (AvgIpc) is 3.06. The van der Waals surface area contributed by atoms with E-state index >= 15 is 0 Å². The Morgan fingerprint density at radius 2 is 1.89 bits per heavy atom. The van der Waals surface area contributed by atoms with E-state index in [0.29, 0.717) is 16.4 Å². The Hall–Kier alpha value is -2.86. The Morgan fingerprint density at radius 3 is 2.61 bits per heavy atom. The summed E-state index contributed by atoms with van der Waals surface area (Å²) in [7, 11) is 0. The largest absolute Gasteiger partial charge is 0.455 e. The normalized spacial score (nSPS) is 16.2. The van der Waals surface area contributed by atoms with Gasteiger partial charge in [0.05, 0.1) is 5.92 Å². The lowest BCUT2D eigenvalue weighted by atomic mass is 10.1. The smallest absolute Gasteiger partial charge is 0.311 e. The van der Waals surface area contributed by atoms with Crippen LogP contribution in [0, 0.1) is 19.8 Å². The van der Waals surface area contributed by atoms with Gasteiger partial charge in [0.25, 0.3) is 5.91 Å². The summed E-state index contributed by atoms with van der Waals surface area (Å²) in [5.74, 6) is -1.73. The number of carbonyl (C=O) groups excluding carboxylic acids is 3. The van der Waals surface area contributed by atoms with E-state index < -0.39 is 24.4 Å². The topological polar surface area (TPSA) is 75.7 Å². The molecular weight excluding hydrogens is 380 g/mol. The Balaban J connectivity index is 1.53. The molecule has 1 aliphatic heterocycles. The number of hydrogen-bond donors (Lipinski definition) is 1. The third kappa shape index (κ3) is 4.51. The van der Waals surface area contributed by atoms with Crippen molar-refractivity contribution >= 4 is 40.8 Å². The number of anilines is 2. The number of amides is 2. The first-order valence-corrected chi connectivity index (χ1v) is 9.31. The second-order valence-corrected chi connectivity index (χ2v) is 7.22. The summed E-state index contributed by atoms with van der Waals surface area (Å²) in [6.45, 7) is 3.69. The molecule has 1 N–H and O–H groups in total. The van der Waals surface area contributed by atoms with Gasteiger partial charge in [-0.15, -0.1) is 0 Å². The zero-order chi connectivity index (χ0) is 20.3. The molecule has 0 bridgehead atoms. The van der Waals surface area contributed by atoms with E-state index in [2.05, 4.69) is 5.32 Å². The Kier molecular flexibility index (Phi) is 5.99. The van der Waals surface area contributed by atoms with Gasteiger partial charge >= 0.3 is 5.97 Å². The molecule has 2 aromatic rings. The van der Waals surface area contributed by atoms with Crippen LogP contribution < -0.4 is 10.2 Å². The predicted octanol–water partition coefficient (Wildman–Crippen LogP) is 3.49. The van der Waals surface area contributed by atoms with E-state index in [1.54, 1.807) is 30.3 Å². The molecule has 28 heavy (non-hydrogen) atoms. The zero-order valence-electron chi connectivity index (χ0n) is 15.7. The second-order valence-electron chi connectivity index (χ2n) is 6.79. The minimum Gasteiger partial charge on any atom is -0.455 e. The molecule has 3 rings (SSSR count). The number of esters is 1. The summed E-state index contributed by atoms with van der Waals surface area (Å²) in [5, 5.41) is 3.31. The molecular formula is C21H21ClN2O4. The van der Waals surface area contributed by atoms with Crippen LogP contribution in [0.2, 0.25) is 5.02 Å². The quantitative estimate of drug-likeness (QED) is 0.779. The van der Waals surface area contributed by atoms with Gasteiger partial charge in [0.2, 0.25) is 5.91 Å². The van der Waals surface area contributed by atoms with Crippen LogP contribution in [0.1, 0.15) is 17.5 Å². The van der Waals surface area contributed by atoms with Crippen LogP contribution >= 0.6 is 11.6 Å². The van der Waals surface area contributed by atoms with E-state index in [1.165, 1.54) is 4.90 Å². The molecule has 1 fully saturated rings. The number of nitrogens with one attached hydrogen (secondary N) is 1. The number of aryl methyl sites for hydroxylation is 1. The second kappa shape index (κ2) is 8.44. The maximum Gasteiger partial charge on any atom is 0.311 e. The first-order chi connectivity index (χ1) is 13.3. The van der Waals surface area contributed by atoms with E-state index in [9.17, 15) is 14.4 Å². The van der Waals surface area contributed by atoms with Gasteiger partial charge in [0.1, 0.15) is 0 Å². The summed E-state index contributed by atoms with van der Waals surface area (Å²) < 4.78 is 5.13. The minimum atomic E-state index is -0.600. The SMILES string of the molecule is Cc1cccc(NC(=O)COC(=O)C2CC(=O)N(c3ccc(Cl)cc3)C2)c1C. The van der Waals surface area contributed by atoms with Crippen LogP contribution in [0.4, 0.5) is 11.4 Å². The number of rotatable bonds is 5. The third-order valence-electron chi connectivity index (χ3n) is 4.82. The summed E-state index contributed by atoms with van der Waals surface area (Å²) in [6, 6.07) is 12.4. The highest BCUT2D eigenvalue weighted by Crippen LogP contribution is 2.27. The van der Waals surface area contributed by atoms with Crippen LogP contribution in [0.3, 0.4) is 0 Å². The van der Waals surface area contributed by atoms with Gasteiger partial charge < -0.3 is 15.0 Å². The van der Waals surface area contributed by atoms with Crippen molar-refractivity contribution in [3.8, 4) is 0 Å². The fraction of sp³-hybridized carbons (Fsp3) is 0.286. The molecule has 0 aliphatic carbocycles. The fourth-order valence-electron chi connectivity index (χ4n) is 3.06. The van der Waals surface area contributed by atoms with Gasteiger partial charge in [-0.25, -0.2) is 0 Å². The Morgan fingerprint density at radius 1 is 1.18 bits per heavy atom. The standard InChI is InChI=1S/C21H21ClN2O4/c1-13-4-3-5-18(14(13)2)23-19(25)12-28-21(27)15-10-20(26)24(11-15)17-8-6-16(22)7-9-17/h3-9,15H,10-12H2,1-2H3,(H,23,25). The van der Waals surface area contributed by atoms with E-state index in [0.717, 1.165) is 11.1 Å². The maximum atomic E-state index is 12.3. The zero-order valence-corrected chi connectivity index (χ0v) is 16.5. The summed E-state index contributed by atoms with van der Waals surface area (Å²) in [5.41, 5.74) is 3.38. The molecule has 1 heterocycles. The van der Waals surface area contributed by atoms with Crippen LogP contribution in [0.15, 0.2) is 42.5 Å². The molecule has 1 aliphatic rings. The molecule has 6 nitrogen and oxygen atoms in total. The summed E-state index contributed by atoms with van der Waals surface area (Å²) in [6.07, 6.45) is 0.0556. The molecule has 1 atom stereocenters. The van der Waals surface area contributed by atoms with E-state index in [1.807, 2.05) is 26.0 Å². The molecule has 2 amide bonds. The van der Waals surface area contributed by atoms with Crippen molar-refractivity contribution in [2.75, 3.05) is 23.4 Å². The molecule has 0 spiro atoms.